The fourth-order valence-corrected chi connectivity index (χ4v) is 3.78. The zero-order valence-corrected chi connectivity index (χ0v) is 12.6. The summed E-state index contributed by atoms with van der Waals surface area (Å²) in [4.78, 5) is 0. The molecule has 1 N–H and O–H groups in total. The standard InChI is InChI=1S/C15H14ClFO3S/c16-14-8-13(17)7-6-12(14)9-21(19,20)10-15(18)11-4-2-1-3-5-11/h1-8,15,18H,9-10H2/t15-/m0/s1. The first-order valence-corrected chi connectivity index (χ1v) is 8.45. The van der Waals surface area contributed by atoms with Gasteiger partial charge < -0.3 is 5.11 Å². The van der Waals surface area contributed by atoms with Crippen LogP contribution in [0.3, 0.4) is 0 Å². The average molecular weight is 329 g/mol. The molecular weight excluding hydrogens is 315 g/mol. The molecule has 0 aliphatic carbocycles. The third-order valence-electron chi connectivity index (χ3n) is 2.99. The molecule has 0 spiro atoms. The molecule has 0 aliphatic rings. The number of benzene rings is 2. The highest BCUT2D eigenvalue weighted by Crippen LogP contribution is 2.22. The first-order chi connectivity index (χ1) is 9.87. The van der Waals surface area contributed by atoms with Gasteiger partial charge in [0.1, 0.15) is 5.82 Å². The van der Waals surface area contributed by atoms with Crippen molar-refractivity contribution in [3.05, 3.63) is 70.5 Å². The van der Waals surface area contributed by atoms with Gasteiger partial charge >= 0.3 is 0 Å². The van der Waals surface area contributed by atoms with Gasteiger partial charge in [-0.3, -0.25) is 0 Å². The molecule has 6 heteroatoms. The minimum atomic E-state index is -3.57. The van der Waals surface area contributed by atoms with Gasteiger partial charge in [0.15, 0.2) is 9.84 Å². The van der Waals surface area contributed by atoms with Crippen molar-refractivity contribution < 1.29 is 17.9 Å². The summed E-state index contributed by atoms with van der Waals surface area (Å²) in [7, 11) is -3.57. The van der Waals surface area contributed by atoms with E-state index in [4.69, 9.17) is 11.6 Å². The van der Waals surface area contributed by atoms with Crippen molar-refractivity contribution in [3.63, 3.8) is 0 Å². The van der Waals surface area contributed by atoms with Crippen molar-refractivity contribution in [2.75, 3.05) is 5.75 Å². The maximum absolute atomic E-state index is 12.9. The lowest BCUT2D eigenvalue weighted by atomic mass is 10.1. The first-order valence-electron chi connectivity index (χ1n) is 6.25. The molecule has 2 aromatic carbocycles. The van der Waals surface area contributed by atoms with Crippen molar-refractivity contribution in [1.82, 2.24) is 0 Å². The lowest BCUT2D eigenvalue weighted by Crippen LogP contribution is -2.16. The first kappa shape index (κ1) is 15.9. The summed E-state index contributed by atoms with van der Waals surface area (Å²) in [5.41, 5.74) is 0.851. The van der Waals surface area contributed by atoms with E-state index in [1.165, 1.54) is 6.07 Å². The Morgan fingerprint density at radius 2 is 1.81 bits per heavy atom. The SMILES string of the molecule is O=S(=O)(Cc1ccc(F)cc1Cl)C[C@H](O)c1ccccc1. The topological polar surface area (TPSA) is 54.4 Å². The van der Waals surface area contributed by atoms with Crippen LogP contribution in [0, 0.1) is 5.82 Å². The predicted molar refractivity (Wildman–Crippen MR) is 80.3 cm³/mol. The van der Waals surface area contributed by atoms with Crippen molar-refractivity contribution in [2.24, 2.45) is 0 Å². The fourth-order valence-electron chi connectivity index (χ4n) is 1.95. The lowest BCUT2D eigenvalue weighted by molar-refractivity contribution is 0.201. The van der Waals surface area contributed by atoms with Crippen LogP contribution in [0.1, 0.15) is 17.2 Å². The van der Waals surface area contributed by atoms with Gasteiger partial charge in [-0.25, -0.2) is 12.8 Å². The van der Waals surface area contributed by atoms with Gasteiger partial charge in [-0.1, -0.05) is 48.0 Å². The van der Waals surface area contributed by atoms with E-state index >= 15 is 0 Å². The van der Waals surface area contributed by atoms with E-state index in [-0.39, 0.29) is 10.8 Å². The van der Waals surface area contributed by atoms with Crippen molar-refractivity contribution in [2.45, 2.75) is 11.9 Å². The van der Waals surface area contributed by atoms with Gasteiger partial charge in [0.2, 0.25) is 0 Å². The molecule has 3 nitrogen and oxygen atoms in total. The number of halogens is 2. The summed E-state index contributed by atoms with van der Waals surface area (Å²) in [6.45, 7) is 0. The summed E-state index contributed by atoms with van der Waals surface area (Å²) in [6.07, 6.45) is -1.10. The molecule has 0 radical (unpaired) electrons. The number of aliphatic hydroxyl groups is 1. The molecule has 0 bridgehead atoms. The number of hydrogen-bond acceptors (Lipinski definition) is 3. The van der Waals surface area contributed by atoms with Crippen LogP contribution in [0.5, 0.6) is 0 Å². The van der Waals surface area contributed by atoms with E-state index in [2.05, 4.69) is 0 Å². The largest absolute Gasteiger partial charge is 0.387 e. The Bertz CT molecular complexity index is 717. The highest BCUT2D eigenvalue weighted by atomic mass is 35.5. The molecule has 0 aliphatic heterocycles. The van der Waals surface area contributed by atoms with Crippen LogP contribution >= 0.6 is 11.6 Å². The van der Waals surface area contributed by atoms with Gasteiger partial charge in [0, 0.05) is 5.02 Å². The van der Waals surface area contributed by atoms with E-state index < -0.39 is 27.5 Å². The second-order valence-electron chi connectivity index (χ2n) is 4.72. The Morgan fingerprint density at radius 1 is 1.14 bits per heavy atom. The minimum Gasteiger partial charge on any atom is -0.387 e. The van der Waals surface area contributed by atoms with Gasteiger partial charge in [0.05, 0.1) is 17.6 Å². The highest BCUT2D eigenvalue weighted by molar-refractivity contribution is 7.90. The summed E-state index contributed by atoms with van der Waals surface area (Å²) < 4.78 is 37.2. The van der Waals surface area contributed by atoms with Gasteiger partial charge in [-0.15, -0.1) is 0 Å². The van der Waals surface area contributed by atoms with E-state index in [0.29, 0.717) is 11.1 Å². The molecule has 0 aromatic heterocycles. The molecule has 0 unspecified atom stereocenters. The van der Waals surface area contributed by atoms with Crippen LogP contribution in [0.4, 0.5) is 4.39 Å². The smallest absolute Gasteiger partial charge is 0.157 e. The zero-order valence-electron chi connectivity index (χ0n) is 11.0. The second-order valence-corrected chi connectivity index (χ2v) is 7.23. The second kappa shape index (κ2) is 6.56. The van der Waals surface area contributed by atoms with Gasteiger partial charge in [-0.2, -0.15) is 0 Å². The van der Waals surface area contributed by atoms with E-state index in [9.17, 15) is 17.9 Å². The van der Waals surface area contributed by atoms with Crippen LogP contribution in [-0.2, 0) is 15.6 Å². The molecule has 0 amide bonds. The van der Waals surface area contributed by atoms with E-state index in [1.54, 1.807) is 30.3 Å². The van der Waals surface area contributed by atoms with Crippen LogP contribution < -0.4 is 0 Å². The molecule has 2 rings (SSSR count). The Kier molecular flexibility index (Phi) is 4.98. The molecule has 21 heavy (non-hydrogen) atoms. The predicted octanol–water partition coefficient (Wildman–Crippen LogP) is 3.13. The molecule has 0 saturated heterocycles. The third kappa shape index (κ3) is 4.52. The Morgan fingerprint density at radius 3 is 2.43 bits per heavy atom. The molecule has 112 valence electrons. The average Bonchev–Trinajstić information content (AvgIpc) is 2.42. The molecule has 1 atom stereocenters. The molecule has 0 fully saturated rings. The van der Waals surface area contributed by atoms with Crippen LogP contribution in [0.2, 0.25) is 5.02 Å². The van der Waals surface area contributed by atoms with Crippen molar-refractivity contribution in [3.8, 4) is 0 Å². The monoisotopic (exact) mass is 328 g/mol. The highest BCUT2D eigenvalue weighted by Gasteiger charge is 2.20. The Balaban J connectivity index is 2.12. The lowest BCUT2D eigenvalue weighted by Gasteiger charge is -2.12. The summed E-state index contributed by atoms with van der Waals surface area (Å²) in [5.74, 6) is -1.27. The van der Waals surface area contributed by atoms with Crippen molar-refractivity contribution in [1.29, 1.82) is 0 Å². The van der Waals surface area contributed by atoms with Crippen LogP contribution in [-0.4, -0.2) is 19.3 Å². The van der Waals surface area contributed by atoms with Gasteiger partial charge in [-0.05, 0) is 23.3 Å². The zero-order chi connectivity index (χ0) is 15.5. The minimum absolute atomic E-state index is 0.0628. The summed E-state index contributed by atoms with van der Waals surface area (Å²) >= 11 is 5.82. The fraction of sp³-hybridized carbons (Fsp3) is 0.200. The quantitative estimate of drug-likeness (QED) is 0.917. The Labute approximate surface area is 127 Å². The Hall–Kier alpha value is -1.43. The van der Waals surface area contributed by atoms with E-state index in [0.717, 1.165) is 12.1 Å². The molecular formula is C15H14ClFO3S. The number of sulfone groups is 1. The number of aliphatic hydroxyl groups excluding tert-OH is 1. The molecule has 0 saturated carbocycles. The summed E-state index contributed by atoms with van der Waals surface area (Å²) in [5, 5.41) is 10.0. The van der Waals surface area contributed by atoms with Gasteiger partial charge in [0.25, 0.3) is 0 Å². The maximum atomic E-state index is 12.9. The summed E-state index contributed by atoms with van der Waals surface area (Å²) in [6, 6.07) is 12.1. The number of hydrogen-bond donors (Lipinski definition) is 1. The molecule has 0 heterocycles. The number of rotatable bonds is 5. The normalized spacial score (nSPS) is 13.1. The van der Waals surface area contributed by atoms with Crippen LogP contribution in [0.15, 0.2) is 48.5 Å². The van der Waals surface area contributed by atoms with Crippen molar-refractivity contribution >= 4 is 21.4 Å². The third-order valence-corrected chi connectivity index (χ3v) is 4.91. The molecule has 2 aromatic rings. The van der Waals surface area contributed by atoms with E-state index in [1.807, 2.05) is 0 Å². The maximum Gasteiger partial charge on any atom is 0.157 e. The van der Waals surface area contributed by atoms with Crippen LogP contribution in [0.25, 0.3) is 0 Å².